The number of ether oxygens (including phenoxy) is 1. The Morgan fingerprint density at radius 2 is 1.92 bits per heavy atom. The molecule has 0 radical (unpaired) electrons. The number of esters is 1. The van der Waals surface area contributed by atoms with Crippen LogP contribution in [0.3, 0.4) is 0 Å². The molecule has 0 aliphatic rings. The van der Waals surface area contributed by atoms with Crippen molar-refractivity contribution in [3.63, 3.8) is 0 Å². The zero-order chi connectivity index (χ0) is 17.1. The van der Waals surface area contributed by atoms with Crippen LogP contribution in [-0.2, 0) is 11.3 Å². The van der Waals surface area contributed by atoms with Crippen LogP contribution in [0.15, 0.2) is 47.0 Å². The maximum Gasteiger partial charge on any atom is 0.341 e. The smallest absolute Gasteiger partial charge is 0.341 e. The van der Waals surface area contributed by atoms with Gasteiger partial charge in [0, 0.05) is 10.6 Å². The summed E-state index contributed by atoms with van der Waals surface area (Å²) in [6, 6.07) is 9.03. The summed E-state index contributed by atoms with van der Waals surface area (Å²) < 4.78 is 36.3. The van der Waals surface area contributed by atoms with Gasteiger partial charge in [-0.15, -0.1) is 0 Å². The zero-order valence-electron chi connectivity index (χ0n) is 12.0. The highest BCUT2D eigenvalue weighted by atomic mass is 35.5. The third-order valence-corrected chi connectivity index (χ3v) is 3.28. The molecule has 0 aliphatic carbocycles. The number of hydrogen-bond acceptors (Lipinski definition) is 5. The number of halogens is 3. The fraction of sp³-hybridized carbons (Fsp3) is 0.0625. The van der Waals surface area contributed by atoms with E-state index >= 15 is 0 Å². The van der Waals surface area contributed by atoms with Gasteiger partial charge in [-0.3, -0.25) is 0 Å². The first-order valence-corrected chi connectivity index (χ1v) is 7.11. The molecule has 0 saturated carbocycles. The lowest BCUT2D eigenvalue weighted by Crippen LogP contribution is -2.07. The van der Waals surface area contributed by atoms with E-state index in [1.54, 1.807) is 0 Å². The van der Waals surface area contributed by atoms with Gasteiger partial charge in [-0.1, -0.05) is 16.8 Å². The van der Waals surface area contributed by atoms with E-state index in [-0.39, 0.29) is 34.7 Å². The summed E-state index contributed by atoms with van der Waals surface area (Å²) >= 11 is 5.72. The van der Waals surface area contributed by atoms with Crippen molar-refractivity contribution < 1.29 is 22.8 Å². The molecule has 3 aromatic rings. The lowest BCUT2D eigenvalue weighted by molar-refractivity contribution is 0.0424. The molecular formula is C16H9ClF2N2O3. The van der Waals surface area contributed by atoms with Crippen LogP contribution in [0.4, 0.5) is 8.78 Å². The van der Waals surface area contributed by atoms with E-state index in [9.17, 15) is 13.6 Å². The fourth-order valence-corrected chi connectivity index (χ4v) is 2.06. The minimum absolute atomic E-state index is 0.0186. The second kappa shape index (κ2) is 6.76. The van der Waals surface area contributed by atoms with Crippen molar-refractivity contribution >= 4 is 17.6 Å². The Kier molecular flexibility index (Phi) is 4.52. The summed E-state index contributed by atoms with van der Waals surface area (Å²) in [5.41, 5.74) is 0.249. The number of aromatic nitrogens is 2. The predicted octanol–water partition coefficient (Wildman–Crippen LogP) is 4.03. The molecule has 24 heavy (non-hydrogen) atoms. The molecule has 0 fully saturated rings. The fourth-order valence-electron chi connectivity index (χ4n) is 1.89. The molecule has 0 unspecified atom stereocenters. The monoisotopic (exact) mass is 350 g/mol. The Labute approximate surface area is 139 Å². The van der Waals surface area contributed by atoms with Gasteiger partial charge >= 0.3 is 5.97 Å². The summed E-state index contributed by atoms with van der Waals surface area (Å²) in [5, 5.41) is 3.91. The van der Waals surface area contributed by atoms with Crippen LogP contribution in [0, 0.1) is 11.6 Å². The van der Waals surface area contributed by atoms with Crippen LogP contribution in [0.2, 0.25) is 5.02 Å². The van der Waals surface area contributed by atoms with Gasteiger partial charge in [0.25, 0.3) is 5.89 Å². The van der Waals surface area contributed by atoms with E-state index in [0.29, 0.717) is 5.56 Å². The Hall–Kier alpha value is -2.80. The van der Waals surface area contributed by atoms with Crippen LogP contribution in [0.5, 0.6) is 0 Å². The molecule has 5 nitrogen and oxygen atoms in total. The Morgan fingerprint density at radius 3 is 2.67 bits per heavy atom. The van der Waals surface area contributed by atoms with Crippen molar-refractivity contribution in [1.82, 2.24) is 10.1 Å². The van der Waals surface area contributed by atoms with E-state index < -0.39 is 11.8 Å². The number of nitrogens with zero attached hydrogens (tertiary/aromatic N) is 2. The number of carbonyl (C=O) groups excluding carboxylic acids is 1. The van der Waals surface area contributed by atoms with E-state index in [2.05, 4.69) is 10.1 Å². The molecule has 122 valence electrons. The van der Waals surface area contributed by atoms with Crippen molar-refractivity contribution in [2.24, 2.45) is 0 Å². The van der Waals surface area contributed by atoms with E-state index in [0.717, 1.165) is 12.1 Å². The lowest BCUT2D eigenvalue weighted by Gasteiger charge is -2.03. The first kappa shape index (κ1) is 16.1. The van der Waals surface area contributed by atoms with E-state index in [1.165, 1.54) is 30.3 Å². The lowest BCUT2D eigenvalue weighted by atomic mass is 10.2. The number of carbonyl (C=O) groups is 1. The Balaban J connectivity index is 1.68. The highest BCUT2D eigenvalue weighted by Gasteiger charge is 2.16. The SMILES string of the molecule is O=C(OCc1nc(-c2ccc(F)cc2)no1)c1cc(Cl)ccc1F. The molecule has 3 rings (SSSR count). The second-order valence-corrected chi connectivity index (χ2v) is 5.16. The van der Waals surface area contributed by atoms with Crippen LogP contribution < -0.4 is 0 Å². The highest BCUT2D eigenvalue weighted by molar-refractivity contribution is 6.30. The molecule has 0 atom stereocenters. The molecule has 1 aromatic heterocycles. The van der Waals surface area contributed by atoms with Gasteiger partial charge in [-0.2, -0.15) is 4.98 Å². The van der Waals surface area contributed by atoms with Gasteiger partial charge in [0.2, 0.25) is 5.82 Å². The summed E-state index contributed by atoms with van der Waals surface area (Å²) in [5.74, 6) is -1.81. The second-order valence-electron chi connectivity index (χ2n) is 4.72. The summed E-state index contributed by atoms with van der Waals surface area (Å²) in [6.07, 6.45) is 0. The van der Waals surface area contributed by atoms with E-state index in [4.69, 9.17) is 20.9 Å². The largest absolute Gasteiger partial charge is 0.452 e. The van der Waals surface area contributed by atoms with Crippen LogP contribution in [0.1, 0.15) is 16.2 Å². The summed E-state index contributed by atoms with van der Waals surface area (Å²) in [6.45, 7) is -0.334. The third-order valence-electron chi connectivity index (χ3n) is 3.05. The normalized spacial score (nSPS) is 10.6. The molecule has 0 N–H and O–H groups in total. The third kappa shape index (κ3) is 3.57. The van der Waals surface area contributed by atoms with Gasteiger partial charge < -0.3 is 9.26 Å². The quantitative estimate of drug-likeness (QED) is 0.665. The van der Waals surface area contributed by atoms with Crippen molar-refractivity contribution in [2.45, 2.75) is 6.61 Å². The van der Waals surface area contributed by atoms with Crippen molar-refractivity contribution in [3.05, 3.63) is 70.6 Å². The number of benzene rings is 2. The molecule has 8 heteroatoms. The van der Waals surface area contributed by atoms with Crippen LogP contribution >= 0.6 is 11.6 Å². The topological polar surface area (TPSA) is 65.2 Å². The highest BCUT2D eigenvalue weighted by Crippen LogP contribution is 2.18. The predicted molar refractivity (Wildman–Crippen MR) is 80.2 cm³/mol. The molecule has 1 heterocycles. The molecule has 0 aliphatic heterocycles. The zero-order valence-corrected chi connectivity index (χ0v) is 12.8. The summed E-state index contributed by atoms with van der Waals surface area (Å²) in [7, 11) is 0. The van der Waals surface area contributed by atoms with Gasteiger partial charge in [0.1, 0.15) is 11.6 Å². The maximum absolute atomic E-state index is 13.6. The first-order valence-electron chi connectivity index (χ1n) is 6.73. The van der Waals surface area contributed by atoms with E-state index in [1.807, 2.05) is 0 Å². The molecule has 0 spiro atoms. The number of rotatable bonds is 4. The Morgan fingerprint density at radius 1 is 1.17 bits per heavy atom. The van der Waals surface area contributed by atoms with Crippen LogP contribution in [-0.4, -0.2) is 16.1 Å². The maximum atomic E-state index is 13.6. The average Bonchev–Trinajstić information content (AvgIpc) is 3.04. The minimum Gasteiger partial charge on any atom is -0.452 e. The Bertz CT molecular complexity index is 881. The average molecular weight is 351 g/mol. The molecule has 0 saturated heterocycles. The van der Waals surface area contributed by atoms with Crippen molar-refractivity contribution in [1.29, 1.82) is 0 Å². The van der Waals surface area contributed by atoms with Crippen LogP contribution in [0.25, 0.3) is 11.4 Å². The molecular weight excluding hydrogens is 342 g/mol. The first-order chi connectivity index (χ1) is 11.5. The molecule has 0 amide bonds. The molecule has 2 aromatic carbocycles. The van der Waals surface area contributed by atoms with Gasteiger partial charge in [-0.05, 0) is 42.5 Å². The standard InChI is InChI=1S/C16H9ClF2N2O3/c17-10-3-6-13(19)12(7-10)16(22)23-8-14-20-15(21-24-14)9-1-4-11(18)5-2-9/h1-7H,8H2. The molecule has 0 bridgehead atoms. The van der Waals surface area contributed by atoms with Crippen molar-refractivity contribution in [3.8, 4) is 11.4 Å². The van der Waals surface area contributed by atoms with Crippen molar-refractivity contribution in [2.75, 3.05) is 0 Å². The summed E-state index contributed by atoms with van der Waals surface area (Å²) in [4.78, 5) is 15.9. The van der Waals surface area contributed by atoms with Gasteiger partial charge in [0.05, 0.1) is 5.56 Å². The van der Waals surface area contributed by atoms with Gasteiger partial charge in [-0.25, -0.2) is 13.6 Å². The van der Waals surface area contributed by atoms with Gasteiger partial charge in [0.15, 0.2) is 6.61 Å². The minimum atomic E-state index is -0.906. The number of hydrogen-bond donors (Lipinski definition) is 0.